The molecule has 3 fully saturated rings. The normalized spacial score (nSPS) is 31.9. The summed E-state index contributed by atoms with van der Waals surface area (Å²) < 4.78 is 12.6. The van der Waals surface area contributed by atoms with E-state index in [4.69, 9.17) is 9.47 Å². The van der Waals surface area contributed by atoms with Crippen LogP contribution in [-0.4, -0.2) is 48.5 Å². The molecule has 2 saturated carbocycles. The Labute approximate surface area is 224 Å². The first-order valence-corrected chi connectivity index (χ1v) is 14.2. The minimum atomic E-state index is -0.0356. The molecule has 0 radical (unpaired) electrons. The average Bonchev–Trinajstić information content (AvgIpc) is 3.67. The molecular weight excluding hydrogens is 458 g/mol. The monoisotopic (exact) mass is 505 g/mol. The highest BCUT2D eigenvalue weighted by molar-refractivity contribution is 5.59. The van der Waals surface area contributed by atoms with E-state index in [1.165, 1.54) is 42.5 Å². The van der Waals surface area contributed by atoms with E-state index in [1.54, 1.807) is 0 Å². The molecule has 2 aliphatic heterocycles. The number of ether oxygens (including phenoxy) is 2. The summed E-state index contributed by atoms with van der Waals surface area (Å²) in [6.07, 6.45) is 6.14. The van der Waals surface area contributed by atoms with E-state index in [-0.39, 0.29) is 17.6 Å². The van der Waals surface area contributed by atoms with E-state index in [0.29, 0.717) is 23.6 Å². The fraction of sp³-hybridized carbons (Fsp3) is 0.576. The second-order valence-corrected chi connectivity index (χ2v) is 11.5. The number of fused-ring (bicyclic) bond motifs is 1. The number of hydrogen-bond donors (Lipinski definition) is 1. The lowest BCUT2D eigenvalue weighted by Gasteiger charge is -2.58. The van der Waals surface area contributed by atoms with Crippen LogP contribution in [0.15, 0.2) is 55.6 Å². The highest BCUT2D eigenvalue weighted by atomic mass is 16.5. The summed E-state index contributed by atoms with van der Waals surface area (Å²) in [5, 5.41) is 10.7. The van der Waals surface area contributed by atoms with Gasteiger partial charge >= 0.3 is 0 Å². The number of phenols is 1. The number of methoxy groups -OCH3 is 1. The van der Waals surface area contributed by atoms with E-state index >= 15 is 0 Å². The first-order valence-electron chi connectivity index (χ1n) is 14.2. The second kappa shape index (κ2) is 11.6. The summed E-state index contributed by atoms with van der Waals surface area (Å²) in [7, 11) is 1.83. The van der Waals surface area contributed by atoms with Crippen LogP contribution in [0.1, 0.15) is 63.1 Å². The fourth-order valence-corrected chi connectivity index (χ4v) is 7.36. The van der Waals surface area contributed by atoms with Gasteiger partial charge in [0.25, 0.3) is 0 Å². The predicted molar refractivity (Wildman–Crippen MR) is 152 cm³/mol. The maximum atomic E-state index is 10.7. The molecular formula is C33H47NO3. The minimum absolute atomic E-state index is 0.00498. The van der Waals surface area contributed by atoms with Crippen LogP contribution in [0.5, 0.6) is 11.5 Å². The minimum Gasteiger partial charge on any atom is -0.504 e. The highest BCUT2D eigenvalue weighted by Crippen LogP contribution is 2.62. The Morgan fingerprint density at radius 2 is 1.81 bits per heavy atom. The van der Waals surface area contributed by atoms with Crippen molar-refractivity contribution in [2.24, 2.45) is 17.8 Å². The van der Waals surface area contributed by atoms with Crippen molar-refractivity contribution in [1.82, 2.24) is 4.90 Å². The number of piperidine rings is 1. The van der Waals surface area contributed by atoms with Crippen molar-refractivity contribution in [3.8, 4) is 11.5 Å². The number of likely N-dealkylation sites (tertiary alicyclic amines) is 1. The molecule has 4 heteroatoms. The van der Waals surface area contributed by atoms with Gasteiger partial charge in [-0.05, 0) is 81.9 Å². The van der Waals surface area contributed by atoms with Crippen LogP contribution in [0, 0.1) is 24.7 Å². The fourth-order valence-electron chi connectivity index (χ4n) is 7.36. The Bertz CT molecular complexity index is 1040. The summed E-state index contributed by atoms with van der Waals surface area (Å²) in [6.45, 7) is 17.4. The number of aromatic hydroxyl groups is 1. The molecule has 0 amide bonds. The molecule has 1 N–H and O–H groups in total. The smallest absolute Gasteiger partial charge is 0.165 e. The van der Waals surface area contributed by atoms with Crippen molar-refractivity contribution in [3.63, 3.8) is 0 Å². The molecule has 4 nitrogen and oxygen atoms in total. The average molecular weight is 506 g/mol. The lowest BCUT2D eigenvalue weighted by Crippen LogP contribution is -2.66. The number of aryl methyl sites for hydroxylation is 2. The van der Waals surface area contributed by atoms with Crippen molar-refractivity contribution in [3.05, 3.63) is 72.3 Å². The third-order valence-electron chi connectivity index (χ3n) is 9.34. The summed E-state index contributed by atoms with van der Waals surface area (Å²) in [5.74, 6) is 2.96. The SMILES string of the molecule is C=C.CCc1ccc(O)c2c1C13CCN(CC4CC4)C(C)C1CC(C)C(OC)[C@@H]3O2.Cc1ccccc1. The molecule has 1 saturated heterocycles. The zero-order valence-electron chi connectivity index (χ0n) is 23.6. The van der Waals surface area contributed by atoms with Gasteiger partial charge in [0.15, 0.2) is 11.5 Å². The Morgan fingerprint density at radius 1 is 1.11 bits per heavy atom. The first-order chi connectivity index (χ1) is 17.9. The molecule has 1 spiro atoms. The zero-order valence-corrected chi connectivity index (χ0v) is 23.6. The van der Waals surface area contributed by atoms with Gasteiger partial charge in [-0.1, -0.05) is 55.8 Å². The topological polar surface area (TPSA) is 41.9 Å². The molecule has 0 aromatic heterocycles. The first kappa shape index (κ1) is 27.7. The van der Waals surface area contributed by atoms with E-state index in [9.17, 15) is 5.11 Å². The molecule has 5 unspecified atom stereocenters. The van der Waals surface area contributed by atoms with Crippen LogP contribution in [-0.2, 0) is 16.6 Å². The predicted octanol–water partition coefficient (Wildman–Crippen LogP) is 6.93. The number of nitrogens with zero attached hydrogens (tertiary/aromatic N) is 1. The van der Waals surface area contributed by atoms with Gasteiger partial charge in [0.1, 0.15) is 6.10 Å². The zero-order chi connectivity index (χ0) is 26.7. The molecule has 2 aliphatic carbocycles. The summed E-state index contributed by atoms with van der Waals surface area (Å²) >= 11 is 0. The van der Waals surface area contributed by atoms with E-state index in [0.717, 1.165) is 31.1 Å². The third-order valence-corrected chi connectivity index (χ3v) is 9.34. The van der Waals surface area contributed by atoms with Crippen molar-refractivity contribution in [1.29, 1.82) is 0 Å². The van der Waals surface area contributed by atoms with Crippen LogP contribution in [0.3, 0.4) is 0 Å². The number of rotatable bonds is 4. The lowest BCUT2D eigenvalue weighted by atomic mass is 9.53. The maximum Gasteiger partial charge on any atom is 0.165 e. The van der Waals surface area contributed by atoms with Gasteiger partial charge < -0.3 is 19.5 Å². The van der Waals surface area contributed by atoms with Gasteiger partial charge in [-0.25, -0.2) is 0 Å². The molecule has 2 aromatic carbocycles. The van der Waals surface area contributed by atoms with Crippen LogP contribution >= 0.6 is 0 Å². The molecule has 6 atom stereocenters. The Balaban J connectivity index is 0.000000305. The Hall–Kier alpha value is -2.30. The van der Waals surface area contributed by atoms with Crippen LogP contribution in [0.25, 0.3) is 0 Å². The van der Waals surface area contributed by atoms with Gasteiger partial charge in [0.05, 0.1) is 6.10 Å². The summed E-state index contributed by atoms with van der Waals surface area (Å²) in [6, 6.07) is 14.7. The van der Waals surface area contributed by atoms with Gasteiger partial charge in [0.2, 0.25) is 0 Å². The van der Waals surface area contributed by atoms with Crippen molar-refractivity contribution >= 4 is 0 Å². The van der Waals surface area contributed by atoms with Crippen molar-refractivity contribution < 1.29 is 14.6 Å². The third kappa shape index (κ3) is 5.07. The Kier molecular flexibility index (Phi) is 8.70. The molecule has 0 bridgehead atoms. The molecule has 37 heavy (non-hydrogen) atoms. The number of benzene rings is 2. The number of phenolic OH excluding ortho intramolecular Hbond substituents is 1. The van der Waals surface area contributed by atoms with Crippen LogP contribution in [0.2, 0.25) is 0 Å². The molecule has 6 rings (SSSR count). The molecule has 202 valence electrons. The molecule has 2 heterocycles. The maximum absolute atomic E-state index is 10.7. The van der Waals surface area contributed by atoms with Crippen molar-refractivity contribution in [2.75, 3.05) is 20.2 Å². The highest BCUT2D eigenvalue weighted by Gasteiger charge is 2.64. The number of hydrogen-bond acceptors (Lipinski definition) is 4. The van der Waals surface area contributed by atoms with Gasteiger partial charge in [-0.2, -0.15) is 0 Å². The molecule has 2 aromatic rings. The van der Waals surface area contributed by atoms with E-state index < -0.39 is 0 Å². The van der Waals surface area contributed by atoms with Crippen LogP contribution < -0.4 is 4.74 Å². The second-order valence-electron chi connectivity index (χ2n) is 11.5. The summed E-state index contributed by atoms with van der Waals surface area (Å²) in [4.78, 5) is 2.75. The summed E-state index contributed by atoms with van der Waals surface area (Å²) in [5.41, 5.74) is 3.93. The lowest BCUT2D eigenvalue weighted by molar-refractivity contribution is -0.132. The van der Waals surface area contributed by atoms with E-state index in [2.05, 4.69) is 64.0 Å². The quantitative estimate of drug-likeness (QED) is 0.458. The van der Waals surface area contributed by atoms with Gasteiger partial charge in [-0.3, -0.25) is 0 Å². The molecule has 4 aliphatic rings. The largest absolute Gasteiger partial charge is 0.504 e. The standard InChI is InChI=1S/C24H35NO3.C7H8.C2H4/c1-5-17-8-9-19(26)22-20(17)24-10-11-25(13-16-6-7-16)15(3)18(24)12-14(2)21(27-4)23(24)28-22;1-7-5-3-2-4-6-7;1-2/h8-9,14-16,18,21,23,26H,5-7,10-13H2,1-4H3;2-6H,1H3;1-2H2/t14?,15?,18?,21?,23-,24?;;/m0../s1. The van der Waals surface area contributed by atoms with Gasteiger partial charge in [-0.15, -0.1) is 13.2 Å². The van der Waals surface area contributed by atoms with Gasteiger partial charge in [0, 0.05) is 30.7 Å². The van der Waals surface area contributed by atoms with E-state index in [1.807, 2.05) is 31.4 Å². The van der Waals surface area contributed by atoms with Crippen LogP contribution in [0.4, 0.5) is 0 Å². The Morgan fingerprint density at radius 3 is 2.38 bits per heavy atom. The van der Waals surface area contributed by atoms with Crippen molar-refractivity contribution in [2.45, 2.75) is 83.5 Å².